The molecule has 2 rings (SSSR count). The van der Waals surface area contributed by atoms with Gasteiger partial charge in [-0.05, 0) is 75.8 Å². The van der Waals surface area contributed by atoms with Gasteiger partial charge >= 0.3 is 0 Å². The molecule has 0 aliphatic heterocycles. The van der Waals surface area contributed by atoms with Gasteiger partial charge in [-0.3, -0.25) is 20.2 Å². The summed E-state index contributed by atoms with van der Waals surface area (Å²) in [6.45, 7) is 8.82. The van der Waals surface area contributed by atoms with Crippen LogP contribution < -0.4 is 10.6 Å². The van der Waals surface area contributed by atoms with Gasteiger partial charge in [0.25, 0.3) is 11.4 Å². The number of nitrogens with zero attached hydrogens (tertiary/aromatic N) is 2. The Morgan fingerprint density at radius 2 is 0.589 bits per heavy atom. The van der Waals surface area contributed by atoms with Crippen molar-refractivity contribution in [2.75, 3.05) is 26.2 Å². The highest BCUT2D eigenvalue weighted by Gasteiger charge is 2.05. The molecule has 320 valence electrons. The maximum atomic E-state index is 10.7. The second-order valence-corrected chi connectivity index (χ2v) is 16.0. The third-order valence-corrected chi connectivity index (χ3v) is 10.8. The van der Waals surface area contributed by atoms with Gasteiger partial charge in [-0.25, -0.2) is 0 Å². The Morgan fingerprint density at radius 3 is 0.839 bits per heavy atom. The predicted octanol–water partition coefficient (Wildman–Crippen LogP) is 14.4. The van der Waals surface area contributed by atoms with Gasteiger partial charge in [0.1, 0.15) is 0 Å². The molecule has 0 spiro atoms. The van der Waals surface area contributed by atoms with Gasteiger partial charge in [0.2, 0.25) is 0 Å². The maximum absolute atomic E-state index is 10.7. The molecule has 0 heterocycles. The van der Waals surface area contributed by atoms with Gasteiger partial charge in [0.15, 0.2) is 0 Å². The smallest absolute Gasteiger partial charge is 0.269 e. The van der Waals surface area contributed by atoms with Crippen molar-refractivity contribution in [3.05, 3.63) is 79.9 Å². The van der Waals surface area contributed by atoms with Crippen LogP contribution in [0.4, 0.5) is 11.4 Å². The Hall–Kier alpha value is -2.84. The minimum absolute atomic E-state index is 0.169. The molecule has 0 bridgehead atoms. The van der Waals surface area contributed by atoms with Crippen molar-refractivity contribution in [2.24, 2.45) is 0 Å². The van der Waals surface area contributed by atoms with Crippen molar-refractivity contribution >= 4 is 11.4 Å². The normalized spacial score (nSPS) is 11.0. The van der Waals surface area contributed by atoms with E-state index in [0.29, 0.717) is 0 Å². The van der Waals surface area contributed by atoms with Crippen LogP contribution >= 0.6 is 0 Å². The van der Waals surface area contributed by atoms with Crippen LogP contribution in [0.25, 0.3) is 0 Å². The van der Waals surface area contributed by atoms with Crippen molar-refractivity contribution < 1.29 is 9.85 Å². The number of hydrogen-bond donors (Lipinski definition) is 2. The fourth-order valence-corrected chi connectivity index (χ4v) is 7.19. The van der Waals surface area contributed by atoms with Crippen LogP contribution in [-0.4, -0.2) is 36.0 Å². The van der Waals surface area contributed by atoms with E-state index < -0.39 is 0 Å². The number of rotatable bonds is 38. The van der Waals surface area contributed by atoms with E-state index in [1.807, 2.05) is 24.3 Å². The lowest BCUT2D eigenvalue weighted by molar-refractivity contribution is -0.385. The summed E-state index contributed by atoms with van der Waals surface area (Å²) >= 11 is 0. The molecule has 0 fully saturated rings. The largest absolute Gasteiger partial charge is 0.317 e. The molecule has 2 N–H and O–H groups in total. The Labute approximate surface area is 343 Å². The summed E-state index contributed by atoms with van der Waals surface area (Å²) in [6.07, 6.45) is 40.5. The number of nitro benzene ring substituents is 2. The lowest BCUT2D eigenvalue weighted by Gasteiger charge is -2.06. The summed E-state index contributed by atoms with van der Waals surface area (Å²) in [6, 6.07) is 13.8. The van der Waals surface area contributed by atoms with E-state index >= 15 is 0 Å². The average molecular weight is 781 g/mol. The molecule has 8 nitrogen and oxygen atoms in total. The fraction of sp³-hybridized carbons (Fsp3) is 0.750. The quantitative estimate of drug-likeness (QED) is 0.0399. The zero-order valence-electron chi connectivity index (χ0n) is 36.2. The molecule has 0 amide bonds. The number of nitro groups is 2. The van der Waals surface area contributed by atoms with E-state index in [9.17, 15) is 20.2 Å². The highest BCUT2D eigenvalue weighted by atomic mass is 16.6. The van der Waals surface area contributed by atoms with Crippen molar-refractivity contribution in [1.29, 1.82) is 0 Å². The topological polar surface area (TPSA) is 110 Å². The van der Waals surface area contributed by atoms with Crippen LogP contribution in [0.3, 0.4) is 0 Å². The molecule has 0 saturated carbocycles. The summed E-state index contributed by atoms with van der Waals surface area (Å²) in [4.78, 5) is 20.6. The highest BCUT2D eigenvalue weighted by molar-refractivity contribution is 5.33. The minimum atomic E-state index is -0.349. The molecule has 0 aromatic heterocycles. The van der Waals surface area contributed by atoms with Crippen molar-refractivity contribution in [1.82, 2.24) is 10.6 Å². The third kappa shape index (κ3) is 32.3. The van der Waals surface area contributed by atoms with Crippen molar-refractivity contribution in [3.8, 4) is 0 Å². The van der Waals surface area contributed by atoms with Gasteiger partial charge in [-0.2, -0.15) is 0 Å². The average Bonchev–Trinajstić information content (AvgIpc) is 3.20. The van der Waals surface area contributed by atoms with Crippen LogP contribution in [0.2, 0.25) is 0 Å². The number of non-ortho nitro benzene ring substituents is 2. The van der Waals surface area contributed by atoms with Crippen LogP contribution in [0.15, 0.2) is 48.5 Å². The Balaban J connectivity index is 0.000000573. The molecular formula is C48H84N4O4. The van der Waals surface area contributed by atoms with E-state index in [2.05, 4.69) is 24.5 Å². The first-order valence-corrected chi connectivity index (χ1v) is 23.4. The number of benzene rings is 2. The summed E-state index contributed by atoms with van der Waals surface area (Å²) < 4.78 is 0. The zero-order chi connectivity index (χ0) is 40.6. The minimum Gasteiger partial charge on any atom is -0.317 e. The number of nitrogens with one attached hydrogen (secondary N) is 2. The first kappa shape index (κ1) is 51.2. The fourth-order valence-electron chi connectivity index (χ4n) is 7.19. The molecule has 2 aromatic carbocycles. The van der Waals surface area contributed by atoms with Gasteiger partial charge in [-0.1, -0.05) is 192 Å². The molecule has 0 saturated heterocycles. The van der Waals surface area contributed by atoms with E-state index in [4.69, 9.17) is 0 Å². The third-order valence-electron chi connectivity index (χ3n) is 10.8. The molecule has 2 aromatic rings. The van der Waals surface area contributed by atoms with Crippen LogP contribution in [0.5, 0.6) is 0 Å². The lowest BCUT2D eigenvalue weighted by atomic mass is 10.0. The van der Waals surface area contributed by atoms with E-state index in [-0.39, 0.29) is 21.2 Å². The van der Waals surface area contributed by atoms with Gasteiger partial charge in [0, 0.05) is 24.3 Å². The molecule has 8 heteroatoms. The molecule has 0 radical (unpaired) electrons. The molecular weight excluding hydrogens is 697 g/mol. The van der Waals surface area contributed by atoms with Crippen LogP contribution in [0.1, 0.15) is 205 Å². The summed E-state index contributed by atoms with van der Waals surface area (Å²) in [5, 5.41) is 28.3. The Bertz CT molecular complexity index is 1160. The molecule has 0 aliphatic carbocycles. The number of unbranched alkanes of at least 4 members (excludes halogenated alkanes) is 24. The molecule has 0 atom stereocenters. The number of aryl methyl sites for hydroxylation is 2. The standard InChI is InChI=1S/C27H48N2O2.C21H36N2O2/c1-2-3-4-5-6-7-8-9-10-11-12-13-14-15-16-17-24-28-25-18-19-26-20-22-27(23-21-26)29(30)31;1-2-3-4-5-6-7-8-9-10-11-18-22-19-12-13-20-14-16-21(17-15-20)23(24)25/h20-23,28H,2-19,24-25H2,1H3;14-17,22H,2-13,18-19H2,1H3. The van der Waals surface area contributed by atoms with Gasteiger partial charge < -0.3 is 10.6 Å². The van der Waals surface area contributed by atoms with Crippen molar-refractivity contribution in [2.45, 2.75) is 206 Å². The van der Waals surface area contributed by atoms with E-state index in [0.717, 1.165) is 51.9 Å². The monoisotopic (exact) mass is 781 g/mol. The van der Waals surface area contributed by atoms with E-state index in [1.165, 1.54) is 178 Å². The summed E-state index contributed by atoms with van der Waals surface area (Å²) in [5.41, 5.74) is 2.69. The Morgan fingerprint density at radius 1 is 0.357 bits per heavy atom. The SMILES string of the molecule is CCCCCCCCCCCCCCCCCCNCCCc1ccc([N+](=O)[O-])cc1.CCCCCCCCCCCCNCCCc1ccc([N+](=O)[O-])cc1. The lowest BCUT2D eigenvalue weighted by Crippen LogP contribution is -2.17. The second kappa shape index (κ2) is 39.0. The summed E-state index contributed by atoms with van der Waals surface area (Å²) in [7, 11) is 0. The first-order chi connectivity index (χ1) is 27.5. The van der Waals surface area contributed by atoms with Gasteiger partial charge in [-0.15, -0.1) is 0 Å². The highest BCUT2D eigenvalue weighted by Crippen LogP contribution is 2.16. The maximum Gasteiger partial charge on any atom is 0.269 e. The zero-order valence-corrected chi connectivity index (χ0v) is 36.2. The number of hydrogen-bond acceptors (Lipinski definition) is 6. The van der Waals surface area contributed by atoms with Crippen LogP contribution in [-0.2, 0) is 12.8 Å². The van der Waals surface area contributed by atoms with Crippen LogP contribution in [0, 0.1) is 20.2 Å². The first-order valence-electron chi connectivity index (χ1n) is 23.4. The predicted molar refractivity (Wildman–Crippen MR) is 240 cm³/mol. The molecule has 0 aliphatic rings. The molecule has 56 heavy (non-hydrogen) atoms. The summed E-state index contributed by atoms with van der Waals surface area (Å²) in [5.74, 6) is 0. The Kier molecular flexibility index (Phi) is 35.6. The van der Waals surface area contributed by atoms with Crippen molar-refractivity contribution in [3.63, 3.8) is 0 Å². The second-order valence-electron chi connectivity index (χ2n) is 16.0. The van der Waals surface area contributed by atoms with Gasteiger partial charge in [0.05, 0.1) is 9.85 Å². The molecule has 0 unspecified atom stereocenters. The van der Waals surface area contributed by atoms with E-state index in [1.54, 1.807) is 24.3 Å².